The summed E-state index contributed by atoms with van der Waals surface area (Å²) in [5.74, 6) is -0.607. The Morgan fingerprint density at radius 1 is 1.17 bits per heavy atom. The highest BCUT2D eigenvalue weighted by Crippen LogP contribution is 2.10. The molecule has 0 radical (unpaired) electrons. The summed E-state index contributed by atoms with van der Waals surface area (Å²) < 4.78 is 14.5. The molecule has 0 bridgehead atoms. The number of carbonyl (C=O) groups excluding carboxylic acids is 1. The molecule has 0 saturated heterocycles. The van der Waals surface area contributed by atoms with Gasteiger partial charge in [-0.25, -0.2) is 14.4 Å². The first-order valence-electron chi connectivity index (χ1n) is 5.33. The number of aromatic nitrogens is 3. The van der Waals surface area contributed by atoms with E-state index >= 15 is 0 Å². The van der Waals surface area contributed by atoms with Crippen molar-refractivity contribution in [3.05, 3.63) is 66.1 Å². The third kappa shape index (κ3) is 1.75. The van der Waals surface area contributed by atoms with E-state index < -0.39 is 0 Å². The number of nitrogens with zero attached hydrogens (tertiary/aromatic N) is 3. The molecule has 5 heteroatoms. The number of rotatable bonds is 2. The van der Waals surface area contributed by atoms with Crippen molar-refractivity contribution in [2.75, 3.05) is 0 Å². The van der Waals surface area contributed by atoms with Crippen molar-refractivity contribution < 1.29 is 9.18 Å². The van der Waals surface area contributed by atoms with Gasteiger partial charge in [0.05, 0.1) is 6.20 Å². The first-order valence-corrected chi connectivity index (χ1v) is 5.33. The van der Waals surface area contributed by atoms with Gasteiger partial charge in [-0.3, -0.25) is 9.20 Å². The second kappa shape index (κ2) is 4.03. The highest BCUT2D eigenvalue weighted by atomic mass is 19.1. The molecular weight excluding hydrogens is 233 g/mol. The quantitative estimate of drug-likeness (QED) is 0.645. The van der Waals surface area contributed by atoms with Crippen LogP contribution in [0.1, 0.15) is 16.1 Å². The van der Waals surface area contributed by atoms with E-state index in [4.69, 9.17) is 0 Å². The Bertz CT molecular complexity index is 718. The topological polar surface area (TPSA) is 47.3 Å². The lowest BCUT2D eigenvalue weighted by atomic mass is 10.1. The van der Waals surface area contributed by atoms with E-state index in [1.54, 1.807) is 29.2 Å². The van der Waals surface area contributed by atoms with Gasteiger partial charge in [0.25, 0.3) is 0 Å². The Balaban J connectivity index is 2.03. The van der Waals surface area contributed by atoms with Crippen LogP contribution < -0.4 is 0 Å². The van der Waals surface area contributed by atoms with E-state index in [9.17, 15) is 9.18 Å². The third-order valence-corrected chi connectivity index (χ3v) is 2.61. The molecule has 0 fully saturated rings. The average molecular weight is 241 g/mol. The first-order chi connectivity index (χ1) is 8.74. The second-order valence-electron chi connectivity index (χ2n) is 3.81. The minimum absolute atomic E-state index is 0.237. The Morgan fingerprint density at radius 3 is 2.72 bits per heavy atom. The third-order valence-electron chi connectivity index (χ3n) is 2.61. The molecule has 3 rings (SSSR count). The van der Waals surface area contributed by atoms with Crippen molar-refractivity contribution >= 4 is 11.4 Å². The Kier molecular flexibility index (Phi) is 2.37. The molecule has 0 aliphatic rings. The zero-order chi connectivity index (χ0) is 12.5. The van der Waals surface area contributed by atoms with Gasteiger partial charge in [0.2, 0.25) is 5.78 Å². The summed E-state index contributed by atoms with van der Waals surface area (Å²) in [5, 5.41) is 0. The van der Waals surface area contributed by atoms with Gasteiger partial charge in [-0.1, -0.05) is 0 Å². The van der Waals surface area contributed by atoms with E-state index in [1.807, 2.05) is 0 Å². The lowest BCUT2D eigenvalue weighted by molar-refractivity contribution is 0.103. The van der Waals surface area contributed by atoms with Crippen LogP contribution in [0.4, 0.5) is 4.39 Å². The molecule has 0 aliphatic carbocycles. The number of hydrogen-bond acceptors (Lipinski definition) is 3. The highest BCUT2D eigenvalue weighted by Gasteiger charge is 2.11. The summed E-state index contributed by atoms with van der Waals surface area (Å²) in [4.78, 5) is 20.2. The SMILES string of the molecule is O=C(c1ccc(F)cc1)c1ccn2cncc2n1. The predicted molar refractivity (Wildman–Crippen MR) is 62.8 cm³/mol. The van der Waals surface area contributed by atoms with E-state index in [2.05, 4.69) is 9.97 Å². The van der Waals surface area contributed by atoms with Crippen LogP contribution in [0.3, 0.4) is 0 Å². The summed E-state index contributed by atoms with van der Waals surface area (Å²) in [6, 6.07) is 7.01. The van der Waals surface area contributed by atoms with Crippen LogP contribution >= 0.6 is 0 Å². The fourth-order valence-electron chi connectivity index (χ4n) is 1.69. The average Bonchev–Trinajstić information content (AvgIpc) is 2.86. The normalized spacial score (nSPS) is 10.7. The molecule has 0 saturated carbocycles. The zero-order valence-electron chi connectivity index (χ0n) is 9.25. The van der Waals surface area contributed by atoms with E-state index in [0.29, 0.717) is 16.9 Å². The number of imidazole rings is 1. The van der Waals surface area contributed by atoms with Crippen molar-refractivity contribution in [1.82, 2.24) is 14.4 Å². The minimum atomic E-state index is -0.370. The molecule has 0 amide bonds. The maximum atomic E-state index is 12.8. The molecule has 0 unspecified atom stereocenters. The Labute approximate surface area is 102 Å². The van der Waals surface area contributed by atoms with Crippen LogP contribution in [-0.4, -0.2) is 20.2 Å². The van der Waals surface area contributed by atoms with Crippen LogP contribution in [0, 0.1) is 5.82 Å². The summed E-state index contributed by atoms with van der Waals surface area (Å²) in [6.07, 6.45) is 4.89. The van der Waals surface area contributed by atoms with E-state index in [1.165, 1.54) is 24.3 Å². The smallest absolute Gasteiger partial charge is 0.211 e. The summed E-state index contributed by atoms with van der Waals surface area (Å²) in [5.41, 5.74) is 1.32. The monoisotopic (exact) mass is 241 g/mol. The van der Waals surface area contributed by atoms with Gasteiger partial charge in [-0.05, 0) is 30.3 Å². The molecule has 2 heterocycles. The fourth-order valence-corrected chi connectivity index (χ4v) is 1.69. The van der Waals surface area contributed by atoms with Gasteiger partial charge in [-0.2, -0.15) is 0 Å². The lowest BCUT2D eigenvalue weighted by Crippen LogP contribution is -2.05. The van der Waals surface area contributed by atoms with Crippen molar-refractivity contribution in [2.45, 2.75) is 0 Å². The van der Waals surface area contributed by atoms with E-state index in [0.717, 1.165) is 0 Å². The molecule has 18 heavy (non-hydrogen) atoms. The van der Waals surface area contributed by atoms with Crippen molar-refractivity contribution in [2.24, 2.45) is 0 Å². The molecule has 0 atom stereocenters. The largest absolute Gasteiger partial charge is 0.291 e. The number of hydrogen-bond donors (Lipinski definition) is 0. The molecule has 0 N–H and O–H groups in total. The van der Waals surface area contributed by atoms with Gasteiger partial charge in [0.15, 0.2) is 5.65 Å². The summed E-state index contributed by atoms with van der Waals surface area (Å²) in [6.45, 7) is 0. The minimum Gasteiger partial charge on any atom is -0.291 e. The zero-order valence-corrected chi connectivity index (χ0v) is 9.25. The molecule has 0 aliphatic heterocycles. The number of benzene rings is 1. The number of fused-ring (bicyclic) bond motifs is 1. The molecule has 3 aromatic rings. The fraction of sp³-hybridized carbons (Fsp3) is 0. The van der Waals surface area contributed by atoms with Crippen LogP contribution in [-0.2, 0) is 0 Å². The van der Waals surface area contributed by atoms with Gasteiger partial charge in [0.1, 0.15) is 17.8 Å². The molecule has 88 valence electrons. The van der Waals surface area contributed by atoms with Crippen LogP contribution in [0.25, 0.3) is 5.65 Å². The number of ketones is 1. The molecule has 2 aromatic heterocycles. The highest BCUT2D eigenvalue weighted by molar-refractivity contribution is 6.07. The van der Waals surface area contributed by atoms with Crippen LogP contribution in [0.2, 0.25) is 0 Å². The lowest BCUT2D eigenvalue weighted by Gasteiger charge is -2.01. The first kappa shape index (κ1) is 10.6. The number of carbonyl (C=O) groups is 1. The molecule has 1 aromatic carbocycles. The van der Waals surface area contributed by atoms with Gasteiger partial charge < -0.3 is 0 Å². The van der Waals surface area contributed by atoms with Crippen LogP contribution in [0.15, 0.2) is 49.1 Å². The second-order valence-corrected chi connectivity index (χ2v) is 3.81. The Morgan fingerprint density at radius 2 is 1.94 bits per heavy atom. The summed E-state index contributed by atoms with van der Waals surface area (Å²) in [7, 11) is 0. The van der Waals surface area contributed by atoms with Crippen molar-refractivity contribution in [3.8, 4) is 0 Å². The number of halogens is 1. The van der Waals surface area contributed by atoms with Gasteiger partial charge in [-0.15, -0.1) is 0 Å². The van der Waals surface area contributed by atoms with Gasteiger partial charge >= 0.3 is 0 Å². The van der Waals surface area contributed by atoms with Crippen LogP contribution in [0.5, 0.6) is 0 Å². The van der Waals surface area contributed by atoms with Gasteiger partial charge in [0, 0.05) is 11.8 Å². The maximum absolute atomic E-state index is 12.8. The van der Waals surface area contributed by atoms with E-state index in [-0.39, 0.29) is 11.6 Å². The molecular formula is C13H8FN3O. The standard InChI is InChI=1S/C13H8FN3O/c14-10-3-1-9(2-4-10)13(18)11-5-6-17-8-15-7-12(17)16-11/h1-8H. The Hall–Kier alpha value is -2.56. The molecule has 0 spiro atoms. The van der Waals surface area contributed by atoms with Crippen molar-refractivity contribution in [1.29, 1.82) is 0 Å². The predicted octanol–water partition coefficient (Wildman–Crippen LogP) is 2.10. The maximum Gasteiger partial charge on any atom is 0.211 e. The summed E-state index contributed by atoms with van der Waals surface area (Å²) >= 11 is 0. The van der Waals surface area contributed by atoms with Crippen molar-refractivity contribution in [3.63, 3.8) is 0 Å². The molecule has 4 nitrogen and oxygen atoms in total.